The van der Waals surface area contributed by atoms with Crippen LogP contribution in [-0.4, -0.2) is 59.7 Å². The van der Waals surface area contributed by atoms with Crippen molar-refractivity contribution in [2.75, 3.05) is 0 Å². The van der Waals surface area contributed by atoms with E-state index in [0.29, 0.717) is 0 Å². The molecule has 1 aromatic rings. The molecular formula is C37H53N5O2. The van der Waals surface area contributed by atoms with Crippen LogP contribution in [0, 0.1) is 35.5 Å². The molecule has 10 saturated carbocycles. The van der Waals surface area contributed by atoms with Crippen molar-refractivity contribution >= 4 is 11.8 Å². The maximum atomic E-state index is 14.8. The maximum Gasteiger partial charge on any atom is 0.292 e. The van der Waals surface area contributed by atoms with Crippen molar-refractivity contribution in [3.05, 3.63) is 18.0 Å². The van der Waals surface area contributed by atoms with Gasteiger partial charge < -0.3 is 9.80 Å². The lowest BCUT2D eigenvalue weighted by Gasteiger charge is -2.62. The Kier molecular flexibility index (Phi) is 6.89. The first-order valence-corrected chi connectivity index (χ1v) is 18.8. The fourth-order valence-corrected chi connectivity index (χ4v) is 13.7. The maximum absolute atomic E-state index is 14.8. The van der Waals surface area contributed by atoms with Crippen LogP contribution in [0.3, 0.4) is 0 Å². The Bertz CT molecular complexity index is 1120. The first kappa shape index (κ1) is 28.2. The van der Waals surface area contributed by atoms with E-state index < -0.39 is 0 Å². The Morgan fingerprint density at radius 3 is 1.16 bits per heavy atom. The molecule has 2 amide bonds. The zero-order valence-corrected chi connectivity index (χ0v) is 26.8. The molecule has 10 aliphatic carbocycles. The number of rotatable bonds is 6. The van der Waals surface area contributed by atoms with Crippen molar-refractivity contribution in [1.29, 1.82) is 0 Å². The fraction of sp³-hybridized carbons (Fsp3) is 0.865. The lowest BCUT2D eigenvalue weighted by Crippen LogP contribution is -2.65. The number of hydrogen-bond donors (Lipinski definition) is 0. The summed E-state index contributed by atoms with van der Waals surface area (Å²) in [4.78, 5) is 48.2. The highest BCUT2D eigenvalue weighted by Crippen LogP contribution is 2.60. The second kappa shape index (κ2) is 10.8. The lowest BCUT2D eigenvalue weighted by atomic mass is 9.52. The van der Waals surface area contributed by atoms with Crippen molar-refractivity contribution in [2.24, 2.45) is 35.5 Å². The van der Waals surface area contributed by atoms with E-state index in [4.69, 9.17) is 4.98 Å². The van der Waals surface area contributed by atoms with Gasteiger partial charge in [0.25, 0.3) is 11.8 Å². The molecule has 8 bridgehead atoms. The zero-order chi connectivity index (χ0) is 29.5. The minimum atomic E-state index is -0.0437. The summed E-state index contributed by atoms with van der Waals surface area (Å²) in [5.41, 5.74) is -0.0874. The summed E-state index contributed by atoms with van der Waals surface area (Å²) in [6.45, 7) is 0. The van der Waals surface area contributed by atoms with Gasteiger partial charge in [-0.25, -0.2) is 9.97 Å². The fourth-order valence-electron chi connectivity index (χ4n) is 13.7. The van der Waals surface area contributed by atoms with Gasteiger partial charge in [-0.05, 0) is 138 Å². The van der Waals surface area contributed by atoms with E-state index in [0.717, 1.165) is 99.7 Å². The largest absolute Gasteiger partial charge is 0.327 e. The minimum Gasteiger partial charge on any atom is -0.327 e. The molecule has 0 unspecified atom stereocenters. The van der Waals surface area contributed by atoms with E-state index in [1.54, 1.807) is 0 Å². The predicted molar refractivity (Wildman–Crippen MR) is 168 cm³/mol. The normalized spacial score (nSPS) is 41.2. The van der Waals surface area contributed by atoms with Gasteiger partial charge in [0.05, 0.1) is 0 Å². The third kappa shape index (κ3) is 4.67. The molecule has 1 heterocycles. The highest BCUT2D eigenvalue weighted by molar-refractivity contribution is 5.95. The van der Waals surface area contributed by atoms with Crippen molar-refractivity contribution in [3.63, 3.8) is 0 Å². The van der Waals surface area contributed by atoms with Crippen molar-refractivity contribution in [1.82, 2.24) is 24.8 Å². The second-order valence-electron chi connectivity index (χ2n) is 17.4. The molecule has 44 heavy (non-hydrogen) atoms. The summed E-state index contributed by atoms with van der Waals surface area (Å²) in [6, 6.07) is 0.545. The molecule has 0 aromatic carbocycles. The van der Waals surface area contributed by atoms with Crippen LogP contribution in [0.5, 0.6) is 0 Å². The Morgan fingerprint density at radius 2 is 0.841 bits per heavy atom. The second-order valence-corrected chi connectivity index (χ2v) is 17.4. The predicted octanol–water partition coefficient (Wildman–Crippen LogP) is 7.36. The van der Waals surface area contributed by atoms with Crippen LogP contribution < -0.4 is 0 Å². The van der Waals surface area contributed by atoms with Crippen LogP contribution in [0.25, 0.3) is 0 Å². The number of carbonyl (C=O) groups is 2. The first-order valence-electron chi connectivity index (χ1n) is 18.8. The number of hydrogen-bond acceptors (Lipinski definition) is 5. The van der Waals surface area contributed by atoms with Gasteiger partial charge in [0.2, 0.25) is 11.6 Å². The lowest BCUT2D eigenvalue weighted by molar-refractivity contribution is -0.0918. The highest BCUT2D eigenvalue weighted by atomic mass is 16.2. The van der Waals surface area contributed by atoms with E-state index in [1.165, 1.54) is 83.4 Å². The Morgan fingerprint density at radius 1 is 0.523 bits per heavy atom. The average Bonchev–Trinajstić information content (AvgIpc) is 3.01. The standard InChI is InChI=1S/C37H53N5O2/c43-34(41(30-7-3-1-4-8-30)36-17-24-11-25(18-36)13-26(12-24)19-36)32-38-23-39-33(40-32)35(44)42(31-9-5-2-6-10-31)37-20-27-14-28(21-37)16-29(15-27)22-37/h23-31H,1-22H2. The molecule has 0 atom stereocenters. The van der Waals surface area contributed by atoms with Crippen LogP contribution in [0.2, 0.25) is 0 Å². The molecule has 0 radical (unpaired) electrons. The topological polar surface area (TPSA) is 79.3 Å². The molecule has 10 fully saturated rings. The monoisotopic (exact) mass is 599 g/mol. The molecule has 0 spiro atoms. The number of nitrogens with zero attached hydrogens (tertiary/aromatic N) is 5. The first-order chi connectivity index (χ1) is 21.5. The molecule has 11 rings (SSSR count). The van der Waals surface area contributed by atoms with E-state index in [-0.39, 0.29) is 46.6 Å². The van der Waals surface area contributed by atoms with Crippen LogP contribution in [0.1, 0.15) is 162 Å². The molecule has 0 aliphatic heterocycles. The number of amides is 2. The molecule has 7 nitrogen and oxygen atoms in total. The summed E-state index contributed by atoms with van der Waals surface area (Å²) in [7, 11) is 0. The molecule has 7 heteroatoms. The third-order valence-electron chi connectivity index (χ3n) is 14.3. The van der Waals surface area contributed by atoms with Crippen LogP contribution in [0.15, 0.2) is 6.33 Å². The van der Waals surface area contributed by atoms with Crippen molar-refractivity contribution < 1.29 is 9.59 Å². The third-order valence-corrected chi connectivity index (χ3v) is 14.3. The Balaban J connectivity index is 1.05. The molecule has 10 aliphatic rings. The summed E-state index contributed by atoms with van der Waals surface area (Å²) in [6.07, 6.45) is 28.2. The van der Waals surface area contributed by atoms with E-state index in [2.05, 4.69) is 19.8 Å². The van der Waals surface area contributed by atoms with Crippen molar-refractivity contribution in [2.45, 2.75) is 164 Å². The SMILES string of the molecule is O=C(c1ncnc(C(=O)N(C2CCCCC2)C23CC4CC(CC(C4)C2)C3)n1)N(C1CCCCC1)C12CC3CC(CC(C3)C1)C2. The summed E-state index contributed by atoms with van der Waals surface area (Å²) in [5.74, 6) is 4.99. The average molecular weight is 600 g/mol. The number of carbonyl (C=O) groups excluding carboxylic acids is 2. The molecule has 238 valence electrons. The van der Waals surface area contributed by atoms with E-state index in [9.17, 15) is 9.59 Å². The van der Waals surface area contributed by atoms with Gasteiger partial charge in [-0.3, -0.25) is 9.59 Å². The van der Waals surface area contributed by atoms with Crippen LogP contribution >= 0.6 is 0 Å². The van der Waals surface area contributed by atoms with Gasteiger partial charge in [-0.1, -0.05) is 38.5 Å². The van der Waals surface area contributed by atoms with Gasteiger partial charge in [0.1, 0.15) is 6.33 Å². The van der Waals surface area contributed by atoms with Gasteiger partial charge in [-0.15, -0.1) is 0 Å². The molecule has 1 aromatic heterocycles. The Labute approximate surface area is 263 Å². The zero-order valence-electron chi connectivity index (χ0n) is 26.8. The summed E-state index contributed by atoms with van der Waals surface area (Å²) >= 11 is 0. The summed E-state index contributed by atoms with van der Waals surface area (Å²) in [5, 5.41) is 0. The van der Waals surface area contributed by atoms with Gasteiger partial charge in [0, 0.05) is 23.2 Å². The van der Waals surface area contributed by atoms with Gasteiger partial charge >= 0.3 is 0 Å². The minimum absolute atomic E-state index is 0.0191. The van der Waals surface area contributed by atoms with Gasteiger partial charge in [0.15, 0.2) is 0 Å². The molecule has 0 N–H and O–H groups in total. The highest BCUT2D eigenvalue weighted by Gasteiger charge is 2.58. The van der Waals surface area contributed by atoms with E-state index >= 15 is 0 Å². The smallest absolute Gasteiger partial charge is 0.292 e. The van der Waals surface area contributed by atoms with Crippen LogP contribution in [-0.2, 0) is 0 Å². The summed E-state index contributed by atoms with van der Waals surface area (Å²) < 4.78 is 0. The quantitative estimate of drug-likeness (QED) is 0.341. The molecule has 0 saturated heterocycles. The Hall–Kier alpha value is -2.05. The molecular weight excluding hydrogens is 546 g/mol. The van der Waals surface area contributed by atoms with Crippen molar-refractivity contribution in [3.8, 4) is 0 Å². The van der Waals surface area contributed by atoms with Gasteiger partial charge in [-0.2, -0.15) is 4.98 Å². The van der Waals surface area contributed by atoms with E-state index in [1.807, 2.05) is 0 Å². The number of aromatic nitrogens is 3. The van der Waals surface area contributed by atoms with Crippen LogP contribution in [0.4, 0.5) is 0 Å².